The first-order chi connectivity index (χ1) is 8.76. The number of carbonyl (C=O) groups is 1. The third kappa shape index (κ3) is 5.50. The van der Waals surface area contributed by atoms with E-state index in [1.807, 2.05) is 30.3 Å². The largest absolute Gasteiger partial charge is 0.445 e. The van der Waals surface area contributed by atoms with Crippen LogP contribution in [0.1, 0.15) is 18.4 Å². The summed E-state index contributed by atoms with van der Waals surface area (Å²) in [6, 6.07) is 9.16. The van der Waals surface area contributed by atoms with E-state index in [0.29, 0.717) is 6.42 Å². The summed E-state index contributed by atoms with van der Waals surface area (Å²) >= 11 is 0. The molecule has 0 bridgehead atoms. The normalized spacial score (nSPS) is 11.6. The smallest absolute Gasteiger partial charge is 0.407 e. The van der Waals surface area contributed by atoms with Gasteiger partial charge in [0.15, 0.2) is 0 Å². The van der Waals surface area contributed by atoms with Gasteiger partial charge in [-0.15, -0.1) is 6.58 Å². The van der Waals surface area contributed by atoms with E-state index in [9.17, 15) is 4.79 Å². The Bertz CT molecular complexity index is 365. The van der Waals surface area contributed by atoms with Crippen molar-refractivity contribution in [3.05, 3.63) is 48.6 Å². The van der Waals surface area contributed by atoms with Crippen LogP contribution in [-0.2, 0) is 11.3 Å². The van der Waals surface area contributed by atoms with Crippen LogP contribution in [0, 0.1) is 0 Å². The minimum absolute atomic E-state index is 0.103. The fourth-order valence-electron chi connectivity index (χ4n) is 1.46. The number of rotatable bonds is 7. The molecule has 1 aromatic carbocycles. The summed E-state index contributed by atoms with van der Waals surface area (Å²) in [6.07, 6.45) is 2.63. The summed E-state index contributed by atoms with van der Waals surface area (Å²) < 4.78 is 5.05. The molecule has 0 radical (unpaired) electrons. The van der Waals surface area contributed by atoms with E-state index in [4.69, 9.17) is 9.84 Å². The van der Waals surface area contributed by atoms with Crippen LogP contribution in [0.2, 0.25) is 0 Å². The first kappa shape index (κ1) is 14.3. The molecule has 1 unspecified atom stereocenters. The number of hydrogen-bond donors (Lipinski definition) is 2. The Hall–Kier alpha value is -1.81. The quantitative estimate of drug-likeness (QED) is 0.729. The van der Waals surface area contributed by atoms with Crippen LogP contribution >= 0.6 is 0 Å². The Labute approximate surface area is 107 Å². The molecule has 98 valence electrons. The van der Waals surface area contributed by atoms with Crippen molar-refractivity contribution in [1.82, 2.24) is 5.32 Å². The second kappa shape index (κ2) is 8.31. The molecule has 0 saturated carbocycles. The van der Waals surface area contributed by atoms with Gasteiger partial charge in [0.1, 0.15) is 6.61 Å². The molecule has 2 N–H and O–H groups in total. The Morgan fingerprint density at radius 1 is 1.44 bits per heavy atom. The number of amides is 1. The summed E-state index contributed by atoms with van der Waals surface area (Å²) in [5, 5.41) is 11.7. The maximum absolute atomic E-state index is 11.5. The topological polar surface area (TPSA) is 58.6 Å². The molecule has 1 amide bonds. The molecular formula is C14H19NO3. The SMILES string of the molecule is C=CCCC(CO)NC(=O)OCc1ccccc1. The van der Waals surface area contributed by atoms with E-state index in [1.165, 1.54) is 0 Å². The van der Waals surface area contributed by atoms with E-state index in [0.717, 1.165) is 12.0 Å². The summed E-state index contributed by atoms with van der Waals surface area (Å²) in [4.78, 5) is 11.5. The molecule has 4 nitrogen and oxygen atoms in total. The highest BCUT2D eigenvalue weighted by atomic mass is 16.5. The van der Waals surface area contributed by atoms with Gasteiger partial charge in [0.25, 0.3) is 0 Å². The monoisotopic (exact) mass is 249 g/mol. The van der Waals surface area contributed by atoms with E-state index < -0.39 is 6.09 Å². The first-order valence-electron chi connectivity index (χ1n) is 5.95. The molecule has 1 rings (SSSR count). The lowest BCUT2D eigenvalue weighted by molar-refractivity contribution is 0.128. The number of aliphatic hydroxyl groups is 1. The minimum atomic E-state index is -0.512. The van der Waals surface area contributed by atoms with Crippen LogP contribution in [0.4, 0.5) is 4.79 Å². The number of benzene rings is 1. The molecule has 1 atom stereocenters. The van der Waals surface area contributed by atoms with Crippen LogP contribution in [0.15, 0.2) is 43.0 Å². The highest BCUT2D eigenvalue weighted by Crippen LogP contribution is 2.02. The van der Waals surface area contributed by atoms with Gasteiger partial charge < -0.3 is 15.2 Å². The highest BCUT2D eigenvalue weighted by molar-refractivity contribution is 5.67. The number of alkyl carbamates (subject to hydrolysis) is 1. The highest BCUT2D eigenvalue weighted by Gasteiger charge is 2.11. The van der Waals surface area contributed by atoms with Gasteiger partial charge in [-0.25, -0.2) is 4.79 Å². The fourth-order valence-corrected chi connectivity index (χ4v) is 1.46. The van der Waals surface area contributed by atoms with Crippen LogP contribution < -0.4 is 5.32 Å². The lowest BCUT2D eigenvalue weighted by Gasteiger charge is -2.15. The Balaban J connectivity index is 2.30. The fraction of sp³-hybridized carbons (Fsp3) is 0.357. The predicted octanol–water partition coefficient (Wildman–Crippen LogP) is 2.24. The molecule has 18 heavy (non-hydrogen) atoms. The lowest BCUT2D eigenvalue weighted by atomic mass is 10.2. The molecule has 4 heteroatoms. The summed E-state index contributed by atoms with van der Waals surface area (Å²) in [7, 11) is 0. The lowest BCUT2D eigenvalue weighted by Crippen LogP contribution is -2.37. The average molecular weight is 249 g/mol. The molecule has 0 aliphatic rings. The summed E-state index contributed by atoms with van der Waals surface area (Å²) in [6.45, 7) is 3.72. The Morgan fingerprint density at radius 3 is 2.78 bits per heavy atom. The third-order valence-electron chi connectivity index (χ3n) is 2.47. The van der Waals surface area contributed by atoms with Crippen molar-refractivity contribution in [2.45, 2.75) is 25.5 Å². The molecule has 0 spiro atoms. The second-order valence-electron chi connectivity index (χ2n) is 3.95. The van der Waals surface area contributed by atoms with Gasteiger partial charge in [0.05, 0.1) is 12.6 Å². The number of carbonyl (C=O) groups excluding carboxylic acids is 1. The van der Waals surface area contributed by atoms with Crippen molar-refractivity contribution in [3.63, 3.8) is 0 Å². The molecule has 0 fully saturated rings. The van der Waals surface area contributed by atoms with Gasteiger partial charge in [-0.3, -0.25) is 0 Å². The number of aliphatic hydroxyl groups excluding tert-OH is 1. The van der Waals surface area contributed by atoms with Crippen LogP contribution in [0.25, 0.3) is 0 Å². The van der Waals surface area contributed by atoms with Gasteiger partial charge in [-0.1, -0.05) is 36.4 Å². The van der Waals surface area contributed by atoms with Gasteiger partial charge in [0.2, 0.25) is 0 Å². The number of allylic oxidation sites excluding steroid dienone is 1. The van der Waals surface area contributed by atoms with Crippen molar-refractivity contribution in [1.29, 1.82) is 0 Å². The van der Waals surface area contributed by atoms with E-state index in [1.54, 1.807) is 6.08 Å². The summed E-state index contributed by atoms with van der Waals surface area (Å²) in [5.74, 6) is 0. The molecule has 0 aromatic heterocycles. The van der Waals surface area contributed by atoms with Crippen molar-refractivity contribution in [2.24, 2.45) is 0 Å². The summed E-state index contributed by atoms with van der Waals surface area (Å²) in [5.41, 5.74) is 0.930. The van der Waals surface area contributed by atoms with Gasteiger partial charge in [-0.2, -0.15) is 0 Å². The van der Waals surface area contributed by atoms with Gasteiger partial charge in [0, 0.05) is 0 Å². The molecule has 1 aromatic rings. The molecule has 0 aliphatic carbocycles. The van der Waals surface area contributed by atoms with Gasteiger partial charge >= 0.3 is 6.09 Å². The van der Waals surface area contributed by atoms with Crippen LogP contribution in [-0.4, -0.2) is 23.8 Å². The zero-order valence-electron chi connectivity index (χ0n) is 10.3. The predicted molar refractivity (Wildman–Crippen MR) is 70.1 cm³/mol. The molecule has 0 heterocycles. The van der Waals surface area contributed by atoms with Crippen molar-refractivity contribution < 1.29 is 14.6 Å². The Morgan fingerprint density at radius 2 is 2.17 bits per heavy atom. The van der Waals surface area contributed by atoms with E-state index >= 15 is 0 Å². The van der Waals surface area contributed by atoms with Crippen molar-refractivity contribution >= 4 is 6.09 Å². The molecule has 0 aliphatic heterocycles. The maximum Gasteiger partial charge on any atom is 0.407 e. The Kier molecular flexibility index (Phi) is 6.58. The van der Waals surface area contributed by atoms with E-state index in [2.05, 4.69) is 11.9 Å². The average Bonchev–Trinajstić information content (AvgIpc) is 2.42. The number of nitrogens with one attached hydrogen (secondary N) is 1. The van der Waals surface area contributed by atoms with Gasteiger partial charge in [-0.05, 0) is 18.4 Å². The number of ether oxygens (including phenoxy) is 1. The minimum Gasteiger partial charge on any atom is -0.445 e. The third-order valence-corrected chi connectivity index (χ3v) is 2.47. The second-order valence-corrected chi connectivity index (χ2v) is 3.95. The molecule has 0 saturated heterocycles. The van der Waals surface area contributed by atoms with Crippen molar-refractivity contribution in [2.75, 3.05) is 6.61 Å². The first-order valence-corrected chi connectivity index (χ1v) is 5.95. The van der Waals surface area contributed by atoms with Crippen LogP contribution in [0.3, 0.4) is 0 Å². The standard InChI is InChI=1S/C14H19NO3/c1-2-3-9-13(10-16)15-14(17)18-11-12-7-5-4-6-8-12/h2,4-8,13,16H,1,3,9-11H2,(H,15,17). The van der Waals surface area contributed by atoms with E-state index in [-0.39, 0.29) is 19.3 Å². The molecular weight excluding hydrogens is 230 g/mol. The van der Waals surface area contributed by atoms with Crippen LogP contribution in [0.5, 0.6) is 0 Å². The number of hydrogen-bond acceptors (Lipinski definition) is 3. The maximum atomic E-state index is 11.5. The van der Waals surface area contributed by atoms with Crippen molar-refractivity contribution in [3.8, 4) is 0 Å². The zero-order valence-corrected chi connectivity index (χ0v) is 10.3. The zero-order chi connectivity index (χ0) is 13.2.